The second-order valence-corrected chi connectivity index (χ2v) is 5.87. The molecule has 2 atom stereocenters. The van der Waals surface area contributed by atoms with E-state index in [2.05, 4.69) is 17.9 Å². The zero-order chi connectivity index (χ0) is 12.5. The summed E-state index contributed by atoms with van der Waals surface area (Å²) < 4.78 is 5.34. The summed E-state index contributed by atoms with van der Waals surface area (Å²) in [6.45, 7) is 5.40. The van der Waals surface area contributed by atoms with E-state index in [4.69, 9.17) is 10.2 Å². The molecule has 2 fully saturated rings. The lowest BCUT2D eigenvalue weighted by Gasteiger charge is -2.15. The zero-order valence-electron chi connectivity index (χ0n) is 11.0. The van der Waals surface area contributed by atoms with E-state index in [1.807, 2.05) is 12.1 Å². The van der Waals surface area contributed by atoms with Crippen LogP contribution in [0.5, 0.6) is 0 Å². The fourth-order valence-electron chi connectivity index (χ4n) is 3.11. The van der Waals surface area contributed by atoms with E-state index in [-0.39, 0.29) is 0 Å². The van der Waals surface area contributed by atoms with Crippen LogP contribution in [0.2, 0.25) is 0 Å². The van der Waals surface area contributed by atoms with E-state index in [0.717, 1.165) is 30.7 Å². The highest BCUT2D eigenvalue weighted by molar-refractivity contribution is 5.46. The average Bonchev–Trinajstić information content (AvgIpc) is 2.92. The number of hydrogen-bond donors (Lipinski definition) is 1. The summed E-state index contributed by atoms with van der Waals surface area (Å²) in [6.07, 6.45) is 6.63. The van der Waals surface area contributed by atoms with Crippen LogP contribution in [0.4, 0.5) is 0 Å². The molecule has 18 heavy (non-hydrogen) atoms. The first-order valence-corrected chi connectivity index (χ1v) is 6.91. The minimum Gasteiger partial charge on any atom is -0.465 e. The summed E-state index contributed by atoms with van der Waals surface area (Å²) in [6, 6.07) is 4.30. The number of likely N-dealkylation sites (tertiary alicyclic amines) is 1. The topological polar surface area (TPSA) is 42.4 Å². The quantitative estimate of drug-likeness (QED) is 0.886. The minimum absolute atomic E-state index is 0.383. The summed E-state index contributed by atoms with van der Waals surface area (Å²) in [5.41, 5.74) is 7.58. The van der Waals surface area contributed by atoms with E-state index < -0.39 is 0 Å². The van der Waals surface area contributed by atoms with Gasteiger partial charge in [0.25, 0.3) is 0 Å². The maximum Gasteiger partial charge on any atom is 0.126 e. The molecule has 2 heterocycles. The Bertz CT molecular complexity index is 420. The Labute approximate surface area is 109 Å². The van der Waals surface area contributed by atoms with Crippen molar-refractivity contribution >= 4 is 6.08 Å². The molecular formula is C15H22N2O. The van der Waals surface area contributed by atoms with Crippen molar-refractivity contribution in [2.24, 2.45) is 17.6 Å². The lowest BCUT2D eigenvalue weighted by molar-refractivity contribution is 0.342. The lowest BCUT2D eigenvalue weighted by atomic mass is 9.99. The molecule has 0 amide bonds. The molecule has 1 aromatic rings. The van der Waals surface area contributed by atoms with E-state index >= 15 is 0 Å². The van der Waals surface area contributed by atoms with Crippen LogP contribution in [0.3, 0.4) is 0 Å². The molecule has 0 spiro atoms. The zero-order valence-corrected chi connectivity index (χ0v) is 11.0. The minimum atomic E-state index is 0.383. The van der Waals surface area contributed by atoms with E-state index in [0.29, 0.717) is 6.04 Å². The van der Waals surface area contributed by atoms with Crippen LogP contribution < -0.4 is 5.73 Å². The molecule has 1 aliphatic carbocycles. The van der Waals surface area contributed by atoms with Gasteiger partial charge in [0.2, 0.25) is 0 Å². The van der Waals surface area contributed by atoms with Gasteiger partial charge in [0, 0.05) is 25.7 Å². The molecule has 3 nitrogen and oxygen atoms in total. The molecule has 1 saturated carbocycles. The van der Waals surface area contributed by atoms with Crippen LogP contribution in [0.25, 0.3) is 6.08 Å². The Morgan fingerprint density at radius 3 is 3.00 bits per heavy atom. The average molecular weight is 246 g/mol. The Morgan fingerprint density at radius 2 is 2.33 bits per heavy atom. The second kappa shape index (κ2) is 4.90. The highest BCUT2D eigenvalue weighted by Gasteiger charge is 2.40. The molecule has 0 aromatic carbocycles. The van der Waals surface area contributed by atoms with Crippen LogP contribution in [-0.2, 0) is 0 Å². The number of rotatable bonds is 4. The van der Waals surface area contributed by atoms with Crippen molar-refractivity contribution in [1.82, 2.24) is 4.90 Å². The molecule has 3 rings (SSSR count). The van der Waals surface area contributed by atoms with E-state index in [1.54, 1.807) is 6.26 Å². The van der Waals surface area contributed by atoms with Gasteiger partial charge in [0.15, 0.2) is 0 Å². The first-order chi connectivity index (χ1) is 8.72. The van der Waals surface area contributed by atoms with Gasteiger partial charge in [-0.15, -0.1) is 0 Å². The Kier molecular flexibility index (Phi) is 3.27. The van der Waals surface area contributed by atoms with Gasteiger partial charge in [-0.2, -0.15) is 0 Å². The lowest BCUT2D eigenvalue weighted by Crippen LogP contribution is -2.30. The largest absolute Gasteiger partial charge is 0.465 e. The first-order valence-electron chi connectivity index (χ1n) is 6.91. The van der Waals surface area contributed by atoms with Crippen molar-refractivity contribution in [3.05, 3.63) is 29.7 Å². The fourth-order valence-corrected chi connectivity index (χ4v) is 3.11. The van der Waals surface area contributed by atoms with Crippen LogP contribution in [0.1, 0.15) is 25.5 Å². The van der Waals surface area contributed by atoms with Gasteiger partial charge in [-0.1, -0.05) is 5.57 Å². The van der Waals surface area contributed by atoms with Gasteiger partial charge in [0.1, 0.15) is 5.76 Å². The molecule has 1 aliphatic heterocycles. The highest BCUT2D eigenvalue weighted by Crippen LogP contribution is 2.40. The molecule has 0 unspecified atom stereocenters. The highest BCUT2D eigenvalue weighted by atomic mass is 16.3. The Balaban J connectivity index is 1.57. The van der Waals surface area contributed by atoms with Crippen molar-refractivity contribution in [1.29, 1.82) is 0 Å². The summed E-state index contributed by atoms with van der Waals surface area (Å²) in [5.74, 6) is 2.59. The van der Waals surface area contributed by atoms with E-state index in [1.165, 1.54) is 25.0 Å². The Hall–Kier alpha value is -1.06. The van der Waals surface area contributed by atoms with E-state index in [9.17, 15) is 0 Å². The molecule has 1 saturated heterocycles. The third kappa shape index (κ3) is 2.68. The van der Waals surface area contributed by atoms with Crippen LogP contribution in [-0.4, -0.2) is 30.6 Å². The van der Waals surface area contributed by atoms with Crippen molar-refractivity contribution < 1.29 is 4.42 Å². The monoisotopic (exact) mass is 246 g/mol. The van der Waals surface area contributed by atoms with Gasteiger partial charge in [0.05, 0.1) is 6.26 Å². The number of nitrogens with zero attached hydrogens (tertiary/aromatic N) is 1. The maximum atomic E-state index is 6.24. The van der Waals surface area contributed by atoms with Crippen LogP contribution >= 0.6 is 0 Å². The van der Waals surface area contributed by atoms with Crippen LogP contribution in [0.15, 0.2) is 28.4 Å². The van der Waals surface area contributed by atoms with Gasteiger partial charge >= 0.3 is 0 Å². The summed E-state index contributed by atoms with van der Waals surface area (Å²) in [5, 5.41) is 0. The predicted molar refractivity (Wildman–Crippen MR) is 73.0 cm³/mol. The van der Waals surface area contributed by atoms with Gasteiger partial charge in [-0.05, 0) is 49.8 Å². The second-order valence-electron chi connectivity index (χ2n) is 5.87. The maximum absolute atomic E-state index is 6.24. The van der Waals surface area contributed by atoms with Crippen molar-refractivity contribution in [3.63, 3.8) is 0 Å². The summed E-state index contributed by atoms with van der Waals surface area (Å²) in [7, 11) is 0. The normalized spacial score (nSPS) is 30.0. The van der Waals surface area contributed by atoms with Crippen molar-refractivity contribution in [2.45, 2.75) is 25.8 Å². The molecule has 98 valence electrons. The SMILES string of the molecule is C/C(=C\c1ccco1)CN1C[C@H](C2CC2)[C@@H](N)C1. The molecule has 0 radical (unpaired) electrons. The molecule has 0 bridgehead atoms. The van der Waals surface area contributed by atoms with Crippen molar-refractivity contribution in [2.75, 3.05) is 19.6 Å². The van der Waals surface area contributed by atoms with Crippen LogP contribution in [0, 0.1) is 11.8 Å². The third-order valence-electron chi connectivity index (χ3n) is 4.12. The predicted octanol–water partition coefficient (Wildman–Crippen LogP) is 2.35. The summed E-state index contributed by atoms with van der Waals surface area (Å²) >= 11 is 0. The standard InChI is InChI=1S/C15H22N2O/c1-11(7-13-3-2-6-18-13)8-17-9-14(12-4-5-12)15(16)10-17/h2-3,6-7,12,14-15H,4-5,8-10,16H2,1H3/b11-7+/t14-,15+/m1/s1. The molecule has 3 heteroatoms. The van der Waals surface area contributed by atoms with Gasteiger partial charge in [-0.25, -0.2) is 0 Å². The van der Waals surface area contributed by atoms with Gasteiger partial charge < -0.3 is 10.2 Å². The van der Waals surface area contributed by atoms with Gasteiger partial charge in [-0.3, -0.25) is 4.90 Å². The third-order valence-corrected chi connectivity index (χ3v) is 4.12. The molecule has 1 aromatic heterocycles. The van der Waals surface area contributed by atoms with Crippen molar-refractivity contribution in [3.8, 4) is 0 Å². The first kappa shape index (κ1) is 12.0. The number of furan rings is 1. The molecular weight excluding hydrogens is 224 g/mol. The smallest absolute Gasteiger partial charge is 0.126 e. The summed E-state index contributed by atoms with van der Waals surface area (Å²) in [4.78, 5) is 2.49. The number of nitrogens with two attached hydrogens (primary N) is 1. The number of hydrogen-bond acceptors (Lipinski definition) is 3. The molecule has 2 aliphatic rings. The Morgan fingerprint density at radius 1 is 1.50 bits per heavy atom. The molecule has 2 N–H and O–H groups in total. The fraction of sp³-hybridized carbons (Fsp3) is 0.600.